The fourth-order valence-electron chi connectivity index (χ4n) is 2.84. The highest BCUT2D eigenvalue weighted by molar-refractivity contribution is 8.00. The molecule has 20 heavy (non-hydrogen) atoms. The van der Waals surface area contributed by atoms with E-state index in [9.17, 15) is 4.79 Å². The molecule has 1 aromatic rings. The first kappa shape index (κ1) is 13.8. The average Bonchev–Trinajstić information content (AvgIpc) is 3.10. The number of likely N-dealkylation sites (tertiary alicyclic amines) is 1. The van der Waals surface area contributed by atoms with Crippen LogP contribution in [0.15, 0.2) is 24.3 Å². The molecule has 2 fully saturated rings. The molecule has 0 spiro atoms. The summed E-state index contributed by atoms with van der Waals surface area (Å²) in [5.41, 5.74) is 0.783. The third-order valence-electron chi connectivity index (χ3n) is 4.03. The number of unbranched alkanes of at least 4 members (excludes halogenated alkanes) is 1. The second-order valence-electron chi connectivity index (χ2n) is 5.53. The number of hydrogen-bond donors (Lipinski definition) is 0. The van der Waals surface area contributed by atoms with Gasteiger partial charge < -0.3 is 9.64 Å². The van der Waals surface area contributed by atoms with Crippen molar-refractivity contribution in [2.45, 2.75) is 37.5 Å². The van der Waals surface area contributed by atoms with E-state index in [1.165, 1.54) is 6.42 Å². The molecule has 3 nitrogen and oxygen atoms in total. The van der Waals surface area contributed by atoms with E-state index in [1.807, 2.05) is 40.9 Å². The van der Waals surface area contributed by atoms with Gasteiger partial charge in [0, 0.05) is 29.2 Å². The van der Waals surface area contributed by atoms with Crippen molar-refractivity contribution in [2.75, 3.05) is 18.9 Å². The average molecular weight is 291 g/mol. The standard InChI is InChI=1S/C16H21NO2S/c1-2-3-8-19-14-6-4-12(5-7-14)16(18)17-10-15-9-13(17)11-20-15/h4-7,13,15H,2-3,8-11H2,1H3. The third-order valence-corrected chi connectivity index (χ3v) is 5.42. The molecule has 0 aromatic heterocycles. The molecule has 108 valence electrons. The molecule has 0 aliphatic carbocycles. The highest BCUT2D eigenvalue weighted by atomic mass is 32.2. The molecule has 2 atom stereocenters. The maximum absolute atomic E-state index is 12.5. The van der Waals surface area contributed by atoms with Crippen molar-refractivity contribution in [1.82, 2.24) is 4.90 Å². The van der Waals surface area contributed by atoms with Crippen molar-refractivity contribution in [3.8, 4) is 5.75 Å². The molecule has 2 aliphatic heterocycles. The van der Waals surface area contributed by atoms with Crippen molar-refractivity contribution < 1.29 is 9.53 Å². The fourth-order valence-corrected chi connectivity index (χ4v) is 4.28. The lowest BCUT2D eigenvalue weighted by molar-refractivity contribution is 0.0747. The number of fused-ring (bicyclic) bond motifs is 2. The van der Waals surface area contributed by atoms with E-state index in [0.29, 0.717) is 11.3 Å². The topological polar surface area (TPSA) is 29.5 Å². The zero-order valence-corrected chi connectivity index (χ0v) is 12.7. The van der Waals surface area contributed by atoms with Crippen LogP contribution in [0, 0.1) is 0 Å². The second kappa shape index (κ2) is 6.08. The van der Waals surface area contributed by atoms with Gasteiger partial charge in [0.25, 0.3) is 5.91 Å². The molecule has 2 aliphatic rings. The van der Waals surface area contributed by atoms with Crippen molar-refractivity contribution in [3.63, 3.8) is 0 Å². The number of thioether (sulfide) groups is 1. The minimum atomic E-state index is 0.179. The number of amides is 1. The van der Waals surface area contributed by atoms with Gasteiger partial charge in [-0.25, -0.2) is 0 Å². The Morgan fingerprint density at radius 2 is 2.20 bits per heavy atom. The minimum Gasteiger partial charge on any atom is -0.494 e. The predicted molar refractivity (Wildman–Crippen MR) is 82.5 cm³/mol. The number of benzene rings is 1. The molecular formula is C16H21NO2S. The summed E-state index contributed by atoms with van der Waals surface area (Å²) in [6, 6.07) is 8.06. The molecule has 0 saturated carbocycles. The molecule has 4 heteroatoms. The normalized spacial score (nSPS) is 24.1. The van der Waals surface area contributed by atoms with Crippen LogP contribution in [0.5, 0.6) is 5.75 Å². The van der Waals surface area contributed by atoms with E-state index in [4.69, 9.17) is 4.74 Å². The molecule has 2 heterocycles. The van der Waals surface area contributed by atoms with Crippen molar-refractivity contribution in [1.29, 1.82) is 0 Å². The van der Waals surface area contributed by atoms with Crippen LogP contribution in [0.2, 0.25) is 0 Å². The molecule has 1 amide bonds. The number of nitrogens with zero attached hydrogens (tertiary/aromatic N) is 1. The van der Waals surface area contributed by atoms with Gasteiger partial charge >= 0.3 is 0 Å². The number of carbonyl (C=O) groups is 1. The number of ether oxygens (including phenoxy) is 1. The zero-order valence-electron chi connectivity index (χ0n) is 11.9. The lowest BCUT2D eigenvalue weighted by atomic mass is 10.1. The summed E-state index contributed by atoms with van der Waals surface area (Å²) in [4.78, 5) is 14.5. The van der Waals surface area contributed by atoms with Gasteiger partial charge in [0.15, 0.2) is 0 Å². The van der Waals surface area contributed by atoms with Gasteiger partial charge in [0.2, 0.25) is 0 Å². The Bertz CT molecular complexity index is 474. The molecule has 2 unspecified atom stereocenters. The van der Waals surface area contributed by atoms with Crippen LogP contribution in [0.1, 0.15) is 36.5 Å². The van der Waals surface area contributed by atoms with Crippen molar-refractivity contribution >= 4 is 17.7 Å². The van der Waals surface area contributed by atoms with E-state index in [1.54, 1.807) is 0 Å². The van der Waals surface area contributed by atoms with Crippen LogP contribution in [0.25, 0.3) is 0 Å². The highest BCUT2D eigenvalue weighted by Crippen LogP contribution is 2.38. The Balaban J connectivity index is 1.61. The first-order valence-electron chi connectivity index (χ1n) is 7.43. The SMILES string of the molecule is CCCCOc1ccc(C(=O)N2CC3CC2CS3)cc1. The predicted octanol–water partition coefficient (Wildman–Crippen LogP) is 3.20. The Kier molecular flexibility index (Phi) is 4.20. The number of hydrogen-bond acceptors (Lipinski definition) is 3. The van der Waals surface area contributed by atoms with E-state index >= 15 is 0 Å². The summed E-state index contributed by atoms with van der Waals surface area (Å²) in [6.45, 7) is 3.81. The summed E-state index contributed by atoms with van der Waals surface area (Å²) >= 11 is 2.01. The first-order valence-corrected chi connectivity index (χ1v) is 8.48. The zero-order chi connectivity index (χ0) is 13.9. The minimum absolute atomic E-state index is 0.179. The first-order chi connectivity index (χ1) is 9.78. The van der Waals surface area contributed by atoms with Crippen LogP contribution in [-0.2, 0) is 0 Å². The Morgan fingerprint density at radius 1 is 1.40 bits per heavy atom. The quantitative estimate of drug-likeness (QED) is 0.780. The Labute approximate surface area is 124 Å². The van der Waals surface area contributed by atoms with Crippen LogP contribution in [0.4, 0.5) is 0 Å². The molecule has 1 aromatic carbocycles. The maximum atomic E-state index is 12.5. The van der Waals surface area contributed by atoms with Crippen molar-refractivity contribution in [2.24, 2.45) is 0 Å². The third kappa shape index (κ3) is 2.80. The summed E-state index contributed by atoms with van der Waals surface area (Å²) in [5.74, 6) is 2.14. The maximum Gasteiger partial charge on any atom is 0.254 e. The lowest BCUT2D eigenvalue weighted by Gasteiger charge is -2.26. The van der Waals surface area contributed by atoms with Gasteiger partial charge in [0.05, 0.1) is 6.61 Å². The largest absolute Gasteiger partial charge is 0.494 e. The van der Waals surface area contributed by atoms with Gasteiger partial charge in [-0.05, 0) is 37.1 Å². The van der Waals surface area contributed by atoms with Crippen LogP contribution in [-0.4, -0.2) is 41.0 Å². The summed E-state index contributed by atoms with van der Waals surface area (Å²) < 4.78 is 5.63. The second-order valence-corrected chi connectivity index (χ2v) is 6.86. The van der Waals surface area contributed by atoms with Gasteiger partial charge in [-0.1, -0.05) is 13.3 Å². The Morgan fingerprint density at radius 3 is 2.80 bits per heavy atom. The van der Waals surface area contributed by atoms with E-state index in [2.05, 4.69) is 6.92 Å². The smallest absolute Gasteiger partial charge is 0.254 e. The lowest BCUT2D eigenvalue weighted by Crippen LogP contribution is -2.39. The summed E-state index contributed by atoms with van der Waals surface area (Å²) in [6.07, 6.45) is 3.37. The summed E-state index contributed by atoms with van der Waals surface area (Å²) in [5, 5.41) is 0.667. The molecular weight excluding hydrogens is 270 g/mol. The van der Waals surface area contributed by atoms with E-state index < -0.39 is 0 Å². The van der Waals surface area contributed by atoms with Crippen LogP contribution < -0.4 is 4.74 Å². The Hall–Kier alpha value is -1.16. The van der Waals surface area contributed by atoms with E-state index in [0.717, 1.165) is 43.1 Å². The molecule has 0 radical (unpaired) electrons. The summed E-state index contributed by atoms with van der Waals surface area (Å²) in [7, 11) is 0. The van der Waals surface area contributed by atoms with E-state index in [-0.39, 0.29) is 5.91 Å². The number of carbonyl (C=O) groups excluding carboxylic acids is 1. The van der Waals surface area contributed by atoms with Crippen LogP contribution >= 0.6 is 11.8 Å². The number of rotatable bonds is 5. The van der Waals surface area contributed by atoms with Gasteiger partial charge in [-0.2, -0.15) is 11.8 Å². The van der Waals surface area contributed by atoms with Gasteiger partial charge in [-0.3, -0.25) is 4.79 Å². The van der Waals surface area contributed by atoms with Gasteiger partial charge in [-0.15, -0.1) is 0 Å². The molecule has 0 N–H and O–H groups in total. The monoisotopic (exact) mass is 291 g/mol. The van der Waals surface area contributed by atoms with Crippen LogP contribution in [0.3, 0.4) is 0 Å². The molecule has 3 rings (SSSR count). The highest BCUT2D eigenvalue weighted by Gasteiger charge is 2.41. The molecule has 2 saturated heterocycles. The fraction of sp³-hybridized carbons (Fsp3) is 0.562. The van der Waals surface area contributed by atoms with Crippen molar-refractivity contribution in [3.05, 3.63) is 29.8 Å². The van der Waals surface area contributed by atoms with Gasteiger partial charge in [0.1, 0.15) is 5.75 Å². The molecule has 2 bridgehead atoms.